The summed E-state index contributed by atoms with van der Waals surface area (Å²) in [6, 6.07) is 6.84. The van der Waals surface area contributed by atoms with Gasteiger partial charge in [0, 0.05) is 6.26 Å². The van der Waals surface area contributed by atoms with Crippen molar-refractivity contribution in [2.45, 2.75) is 44.8 Å². The van der Waals surface area contributed by atoms with Crippen LogP contribution in [0.4, 0.5) is 0 Å². The molecule has 1 aromatic rings. The van der Waals surface area contributed by atoms with Crippen LogP contribution in [0.1, 0.15) is 27.7 Å². The zero-order valence-corrected chi connectivity index (χ0v) is 13.7. The summed E-state index contributed by atoms with van der Waals surface area (Å²) in [5, 5.41) is 0.387. The highest BCUT2D eigenvalue weighted by atomic mass is 32.2. The summed E-state index contributed by atoms with van der Waals surface area (Å²) in [5.41, 5.74) is 0. The molecule has 0 aromatic heterocycles. The van der Waals surface area contributed by atoms with Crippen molar-refractivity contribution in [2.75, 3.05) is 6.26 Å². The molecule has 0 N–H and O–H groups in total. The molecule has 1 atom stereocenters. The lowest BCUT2D eigenvalue weighted by Crippen LogP contribution is -2.20. The van der Waals surface area contributed by atoms with Crippen LogP contribution in [-0.2, 0) is 24.4 Å². The van der Waals surface area contributed by atoms with Crippen LogP contribution >= 0.6 is 7.60 Å². The molecule has 0 aliphatic rings. The van der Waals surface area contributed by atoms with E-state index in [1.165, 1.54) is 0 Å². The number of hydrogen-bond acceptors (Lipinski definition) is 4. The molecule has 1 aromatic carbocycles. The highest BCUT2D eigenvalue weighted by Crippen LogP contribution is 2.50. The maximum absolute atomic E-state index is 13.0. The molecule has 0 amide bonds. The molecule has 0 spiro atoms. The molecule has 0 aliphatic carbocycles. The van der Waals surface area contributed by atoms with Gasteiger partial charge in [-0.1, -0.05) is 12.1 Å². The van der Waals surface area contributed by atoms with E-state index in [4.69, 9.17) is 9.05 Å². The minimum Gasteiger partial charge on any atom is -0.302 e. The standard InChI is InChI=1S/C13H21O4PS/c1-10(2)16-18(14,17-11(3)4)12-8-6-7-9-13(12)19(5)15/h6-11H,1-5H3. The highest BCUT2D eigenvalue weighted by molar-refractivity contribution is 7.85. The second-order valence-corrected chi connectivity index (χ2v) is 7.97. The Morgan fingerprint density at radius 2 is 1.53 bits per heavy atom. The van der Waals surface area contributed by atoms with Crippen LogP contribution in [0.2, 0.25) is 0 Å². The Morgan fingerprint density at radius 1 is 1.05 bits per heavy atom. The van der Waals surface area contributed by atoms with Crippen LogP contribution in [0.25, 0.3) is 0 Å². The van der Waals surface area contributed by atoms with E-state index in [1.54, 1.807) is 58.2 Å². The third-order valence-electron chi connectivity index (χ3n) is 2.17. The lowest BCUT2D eigenvalue weighted by atomic mass is 10.4. The Balaban J connectivity index is 3.33. The van der Waals surface area contributed by atoms with Crippen molar-refractivity contribution in [3.63, 3.8) is 0 Å². The zero-order chi connectivity index (χ0) is 14.6. The van der Waals surface area contributed by atoms with E-state index in [2.05, 4.69) is 0 Å². The molecular weight excluding hydrogens is 283 g/mol. The topological polar surface area (TPSA) is 52.6 Å². The van der Waals surface area contributed by atoms with Crippen molar-refractivity contribution in [1.29, 1.82) is 0 Å². The number of rotatable bonds is 6. The lowest BCUT2D eigenvalue weighted by Gasteiger charge is -2.24. The molecular formula is C13H21O4PS. The Morgan fingerprint density at radius 3 is 1.95 bits per heavy atom. The molecule has 0 heterocycles. The van der Waals surface area contributed by atoms with Crippen LogP contribution in [0.15, 0.2) is 29.2 Å². The van der Waals surface area contributed by atoms with Crippen LogP contribution in [0.3, 0.4) is 0 Å². The van der Waals surface area contributed by atoms with Gasteiger partial charge in [0.1, 0.15) is 0 Å². The monoisotopic (exact) mass is 304 g/mol. The Labute approximate surface area is 117 Å². The minimum absolute atomic E-state index is 0.247. The third-order valence-corrected chi connectivity index (χ3v) is 5.67. The molecule has 0 radical (unpaired) electrons. The molecule has 4 nitrogen and oxygen atoms in total. The predicted octanol–water partition coefficient (Wildman–Crippen LogP) is 3.09. The van der Waals surface area contributed by atoms with E-state index in [0.29, 0.717) is 10.2 Å². The van der Waals surface area contributed by atoms with Gasteiger partial charge in [0.05, 0.1) is 33.2 Å². The largest absolute Gasteiger partial charge is 0.363 e. The number of hydrogen-bond donors (Lipinski definition) is 0. The van der Waals surface area contributed by atoms with Crippen LogP contribution in [0.5, 0.6) is 0 Å². The second-order valence-electron chi connectivity index (χ2n) is 4.73. The zero-order valence-electron chi connectivity index (χ0n) is 12.0. The van der Waals surface area contributed by atoms with E-state index < -0.39 is 18.4 Å². The van der Waals surface area contributed by atoms with Gasteiger partial charge in [0.25, 0.3) is 0 Å². The summed E-state index contributed by atoms with van der Waals surface area (Å²) in [5.74, 6) is 0. The SMILES string of the molecule is CC(C)OP(=O)(OC(C)C)c1ccccc1S(C)=O. The summed E-state index contributed by atoms with van der Waals surface area (Å²) >= 11 is 0. The Kier molecular flexibility index (Phi) is 5.93. The van der Waals surface area contributed by atoms with Crippen molar-refractivity contribution in [3.05, 3.63) is 24.3 Å². The fourth-order valence-corrected chi connectivity index (χ4v) is 4.97. The summed E-state index contributed by atoms with van der Waals surface area (Å²) < 4.78 is 35.8. The molecule has 0 fully saturated rings. The van der Waals surface area contributed by atoms with Crippen molar-refractivity contribution >= 4 is 23.7 Å². The van der Waals surface area contributed by atoms with Gasteiger partial charge < -0.3 is 9.05 Å². The Hall–Kier alpha value is -0.480. The molecule has 0 bridgehead atoms. The maximum atomic E-state index is 13.0. The van der Waals surface area contributed by atoms with Crippen molar-refractivity contribution < 1.29 is 17.8 Å². The molecule has 1 rings (SSSR count). The van der Waals surface area contributed by atoms with E-state index in [-0.39, 0.29) is 12.2 Å². The molecule has 6 heteroatoms. The second kappa shape index (κ2) is 6.80. The first kappa shape index (κ1) is 16.6. The first-order valence-corrected chi connectivity index (χ1v) is 9.26. The van der Waals surface area contributed by atoms with Gasteiger partial charge in [-0.15, -0.1) is 0 Å². The fraction of sp³-hybridized carbons (Fsp3) is 0.538. The summed E-state index contributed by atoms with van der Waals surface area (Å²) in [6.07, 6.45) is 1.05. The molecule has 0 aliphatic heterocycles. The predicted molar refractivity (Wildman–Crippen MR) is 78.5 cm³/mol. The van der Waals surface area contributed by atoms with Crippen LogP contribution in [0, 0.1) is 0 Å². The third kappa shape index (κ3) is 4.53. The molecule has 19 heavy (non-hydrogen) atoms. The molecule has 0 saturated carbocycles. The van der Waals surface area contributed by atoms with Gasteiger partial charge in [0.2, 0.25) is 0 Å². The van der Waals surface area contributed by atoms with Gasteiger partial charge in [-0.05, 0) is 39.8 Å². The van der Waals surface area contributed by atoms with Crippen molar-refractivity contribution in [1.82, 2.24) is 0 Å². The maximum Gasteiger partial charge on any atom is 0.363 e. The van der Waals surface area contributed by atoms with E-state index >= 15 is 0 Å². The van der Waals surface area contributed by atoms with Gasteiger partial charge in [0.15, 0.2) is 0 Å². The first-order chi connectivity index (χ1) is 8.76. The van der Waals surface area contributed by atoms with Gasteiger partial charge in [-0.25, -0.2) is 0 Å². The van der Waals surface area contributed by atoms with E-state index in [1.807, 2.05) is 0 Å². The van der Waals surface area contributed by atoms with Crippen molar-refractivity contribution in [2.24, 2.45) is 0 Å². The van der Waals surface area contributed by atoms with Gasteiger partial charge in [-0.3, -0.25) is 8.77 Å². The first-order valence-electron chi connectivity index (χ1n) is 6.16. The smallest absolute Gasteiger partial charge is 0.302 e. The average Bonchev–Trinajstić information content (AvgIpc) is 2.26. The fourth-order valence-electron chi connectivity index (χ4n) is 1.62. The lowest BCUT2D eigenvalue weighted by molar-refractivity contribution is 0.150. The summed E-state index contributed by atoms with van der Waals surface area (Å²) in [6.45, 7) is 7.17. The quantitative estimate of drug-likeness (QED) is 0.758. The van der Waals surface area contributed by atoms with Crippen LogP contribution < -0.4 is 5.30 Å². The number of benzene rings is 1. The molecule has 1 unspecified atom stereocenters. The van der Waals surface area contributed by atoms with Gasteiger partial charge >= 0.3 is 7.60 Å². The molecule has 108 valence electrons. The highest BCUT2D eigenvalue weighted by Gasteiger charge is 2.33. The average molecular weight is 304 g/mol. The summed E-state index contributed by atoms with van der Waals surface area (Å²) in [4.78, 5) is 0.493. The van der Waals surface area contributed by atoms with E-state index in [0.717, 1.165) is 0 Å². The summed E-state index contributed by atoms with van der Waals surface area (Å²) in [7, 11) is -4.72. The van der Waals surface area contributed by atoms with Crippen LogP contribution in [-0.4, -0.2) is 22.7 Å². The molecule has 0 saturated heterocycles. The van der Waals surface area contributed by atoms with E-state index in [9.17, 15) is 8.77 Å². The van der Waals surface area contributed by atoms with Crippen molar-refractivity contribution in [3.8, 4) is 0 Å². The minimum atomic E-state index is -3.47. The Bertz CT molecular complexity index is 485. The normalized spacial score (nSPS) is 14.1. The van der Waals surface area contributed by atoms with Gasteiger partial charge in [-0.2, -0.15) is 0 Å².